The molecule has 0 fully saturated rings. The van der Waals surface area contributed by atoms with Crippen LogP contribution in [0.2, 0.25) is 0 Å². The molecule has 0 amide bonds. The number of aromatic nitrogens is 2. The third kappa shape index (κ3) is 3.29. The van der Waals surface area contributed by atoms with Crippen LogP contribution in [0.1, 0.15) is 0 Å². The number of nitrogens with zero attached hydrogens (tertiary/aromatic N) is 1. The van der Waals surface area contributed by atoms with Crippen LogP contribution >= 0.6 is 0 Å². The second-order valence-corrected chi connectivity index (χ2v) is 2.25. The van der Waals surface area contributed by atoms with Crippen LogP contribution < -0.4 is 0 Å². The number of aromatic amines is 1. The highest BCUT2D eigenvalue weighted by atomic mass is 16.3. The molecule has 0 bridgehead atoms. The van der Waals surface area contributed by atoms with Crippen LogP contribution in [0, 0.1) is 0 Å². The SMILES string of the molecule is Oc1ccccc1O.c1c[nH]cn1. The number of hydrogen-bond donors (Lipinski definition) is 3. The molecule has 4 heteroatoms. The van der Waals surface area contributed by atoms with Gasteiger partial charge in [-0.1, -0.05) is 12.1 Å². The minimum Gasteiger partial charge on any atom is -0.504 e. The molecule has 0 atom stereocenters. The Bertz CT molecular complexity index is 295. The fourth-order valence-electron chi connectivity index (χ4n) is 0.679. The van der Waals surface area contributed by atoms with E-state index in [1.54, 1.807) is 30.9 Å². The molecule has 0 saturated heterocycles. The summed E-state index contributed by atoms with van der Waals surface area (Å²) < 4.78 is 0. The summed E-state index contributed by atoms with van der Waals surface area (Å²) >= 11 is 0. The van der Waals surface area contributed by atoms with Gasteiger partial charge in [0.25, 0.3) is 0 Å². The molecule has 2 rings (SSSR count). The quantitative estimate of drug-likeness (QED) is 0.535. The Kier molecular flexibility index (Phi) is 3.38. The van der Waals surface area contributed by atoms with Crippen molar-refractivity contribution in [3.8, 4) is 11.5 Å². The highest BCUT2D eigenvalue weighted by molar-refractivity contribution is 5.36. The van der Waals surface area contributed by atoms with Crippen molar-refractivity contribution in [2.24, 2.45) is 0 Å². The average Bonchev–Trinajstić information content (AvgIpc) is 2.68. The Morgan fingerprint density at radius 3 is 1.92 bits per heavy atom. The standard InChI is InChI=1S/C6H6O2.C3H4N2/c7-5-3-1-2-4-6(5)8;1-2-5-3-4-1/h1-4,7-8H;1-3H,(H,4,5). The summed E-state index contributed by atoms with van der Waals surface area (Å²) in [5.74, 6) is -0.153. The summed E-state index contributed by atoms with van der Waals surface area (Å²) in [7, 11) is 0. The van der Waals surface area contributed by atoms with Crippen molar-refractivity contribution >= 4 is 0 Å². The molecule has 1 aromatic carbocycles. The van der Waals surface area contributed by atoms with Crippen molar-refractivity contribution in [3.05, 3.63) is 43.0 Å². The van der Waals surface area contributed by atoms with E-state index in [2.05, 4.69) is 9.97 Å². The summed E-state index contributed by atoms with van der Waals surface area (Å²) in [4.78, 5) is 6.42. The molecule has 3 N–H and O–H groups in total. The van der Waals surface area contributed by atoms with Crippen molar-refractivity contribution < 1.29 is 10.2 Å². The van der Waals surface area contributed by atoms with Gasteiger partial charge in [0.15, 0.2) is 11.5 Å². The Morgan fingerprint density at radius 1 is 1.08 bits per heavy atom. The maximum Gasteiger partial charge on any atom is 0.157 e. The maximum absolute atomic E-state index is 8.67. The number of para-hydroxylation sites is 2. The number of H-pyrrole nitrogens is 1. The fourth-order valence-corrected chi connectivity index (χ4v) is 0.679. The lowest BCUT2D eigenvalue weighted by Crippen LogP contribution is -1.63. The maximum atomic E-state index is 8.67. The smallest absolute Gasteiger partial charge is 0.157 e. The third-order valence-electron chi connectivity index (χ3n) is 1.29. The molecule has 68 valence electrons. The number of aromatic hydroxyl groups is 2. The molecule has 0 aliphatic rings. The summed E-state index contributed by atoms with van der Waals surface area (Å²) in [6.45, 7) is 0. The van der Waals surface area contributed by atoms with E-state index in [0.29, 0.717) is 0 Å². The van der Waals surface area contributed by atoms with Gasteiger partial charge in [-0.15, -0.1) is 0 Å². The van der Waals surface area contributed by atoms with Crippen LogP contribution in [-0.4, -0.2) is 20.2 Å². The first-order valence-corrected chi connectivity index (χ1v) is 3.70. The molecule has 1 heterocycles. The number of benzene rings is 1. The number of rotatable bonds is 0. The third-order valence-corrected chi connectivity index (χ3v) is 1.29. The van der Waals surface area contributed by atoms with Gasteiger partial charge in [-0.05, 0) is 12.1 Å². The zero-order valence-electron chi connectivity index (χ0n) is 6.88. The van der Waals surface area contributed by atoms with Gasteiger partial charge >= 0.3 is 0 Å². The summed E-state index contributed by atoms with van der Waals surface area (Å²) in [6, 6.07) is 6.15. The van der Waals surface area contributed by atoms with E-state index in [1.807, 2.05) is 0 Å². The van der Waals surface area contributed by atoms with Crippen molar-refractivity contribution in [3.63, 3.8) is 0 Å². The van der Waals surface area contributed by atoms with Crippen LogP contribution in [0.5, 0.6) is 11.5 Å². The lowest BCUT2D eigenvalue weighted by atomic mass is 10.3. The topological polar surface area (TPSA) is 69.1 Å². The van der Waals surface area contributed by atoms with Gasteiger partial charge in [0, 0.05) is 12.4 Å². The Labute approximate surface area is 75.5 Å². The Hall–Kier alpha value is -1.97. The minimum absolute atomic E-state index is 0.0764. The molecule has 0 saturated carbocycles. The summed E-state index contributed by atoms with van der Waals surface area (Å²) in [5.41, 5.74) is 0. The van der Waals surface area contributed by atoms with Crippen molar-refractivity contribution in [1.29, 1.82) is 0 Å². The van der Waals surface area contributed by atoms with Crippen molar-refractivity contribution in [2.45, 2.75) is 0 Å². The fraction of sp³-hybridized carbons (Fsp3) is 0. The first-order valence-electron chi connectivity index (χ1n) is 3.70. The number of hydrogen-bond acceptors (Lipinski definition) is 3. The first-order chi connectivity index (χ1) is 6.30. The molecule has 0 unspecified atom stereocenters. The molecule has 0 radical (unpaired) electrons. The molecule has 0 aliphatic heterocycles. The molecule has 0 spiro atoms. The molecular formula is C9H10N2O2. The molecule has 2 aromatic rings. The van der Waals surface area contributed by atoms with E-state index >= 15 is 0 Å². The van der Waals surface area contributed by atoms with Crippen LogP contribution in [0.15, 0.2) is 43.0 Å². The molecular weight excluding hydrogens is 168 g/mol. The number of phenols is 2. The van der Waals surface area contributed by atoms with Gasteiger partial charge in [0.1, 0.15) is 0 Å². The summed E-state index contributed by atoms with van der Waals surface area (Å²) in [5, 5.41) is 17.3. The Morgan fingerprint density at radius 2 is 1.69 bits per heavy atom. The van der Waals surface area contributed by atoms with Crippen LogP contribution in [-0.2, 0) is 0 Å². The summed E-state index contributed by atoms with van der Waals surface area (Å²) in [6.07, 6.45) is 5.08. The van der Waals surface area contributed by atoms with Crippen molar-refractivity contribution in [1.82, 2.24) is 9.97 Å². The zero-order valence-corrected chi connectivity index (χ0v) is 6.88. The number of nitrogens with one attached hydrogen (secondary N) is 1. The predicted molar refractivity (Wildman–Crippen MR) is 48.4 cm³/mol. The molecule has 13 heavy (non-hydrogen) atoms. The molecule has 4 nitrogen and oxygen atoms in total. The van der Waals surface area contributed by atoms with E-state index in [4.69, 9.17) is 10.2 Å². The highest BCUT2D eigenvalue weighted by Crippen LogP contribution is 2.21. The van der Waals surface area contributed by atoms with Gasteiger partial charge in [-0.2, -0.15) is 0 Å². The van der Waals surface area contributed by atoms with E-state index in [0.717, 1.165) is 0 Å². The number of imidazole rings is 1. The highest BCUT2D eigenvalue weighted by Gasteiger charge is 1.90. The van der Waals surface area contributed by atoms with Crippen LogP contribution in [0.25, 0.3) is 0 Å². The monoisotopic (exact) mass is 178 g/mol. The van der Waals surface area contributed by atoms with Crippen LogP contribution in [0.4, 0.5) is 0 Å². The second kappa shape index (κ2) is 4.82. The molecule has 1 aromatic heterocycles. The van der Waals surface area contributed by atoms with E-state index in [1.165, 1.54) is 12.1 Å². The normalized spacial score (nSPS) is 8.62. The largest absolute Gasteiger partial charge is 0.504 e. The van der Waals surface area contributed by atoms with Gasteiger partial charge < -0.3 is 15.2 Å². The first kappa shape index (κ1) is 9.12. The second-order valence-electron chi connectivity index (χ2n) is 2.25. The van der Waals surface area contributed by atoms with E-state index < -0.39 is 0 Å². The van der Waals surface area contributed by atoms with Gasteiger partial charge in [-0.3, -0.25) is 0 Å². The van der Waals surface area contributed by atoms with Gasteiger partial charge in [0.2, 0.25) is 0 Å². The van der Waals surface area contributed by atoms with E-state index in [-0.39, 0.29) is 11.5 Å². The van der Waals surface area contributed by atoms with Crippen molar-refractivity contribution in [2.75, 3.05) is 0 Å². The lowest BCUT2D eigenvalue weighted by molar-refractivity contribution is 0.404. The number of phenolic OH excluding ortho intramolecular Hbond substituents is 2. The van der Waals surface area contributed by atoms with Gasteiger partial charge in [0.05, 0.1) is 6.33 Å². The average molecular weight is 178 g/mol. The lowest BCUT2D eigenvalue weighted by Gasteiger charge is -1.91. The van der Waals surface area contributed by atoms with Crippen LogP contribution in [0.3, 0.4) is 0 Å². The van der Waals surface area contributed by atoms with Gasteiger partial charge in [-0.25, -0.2) is 4.98 Å². The Balaban J connectivity index is 0.000000145. The van der Waals surface area contributed by atoms with E-state index in [9.17, 15) is 0 Å². The predicted octanol–water partition coefficient (Wildman–Crippen LogP) is 1.51. The minimum atomic E-state index is -0.0764. The zero-order chi connectivity index (χ0) is 9.52. The molecule has 0 aliphatic carbocycles.